The van der Waals surface area contributed by atoms with Gasteiger partial charge in [0, 0.05) is 12.0 Å². The summed E-state index contributed by atoms with van der Waals surface area (Å²) in [4.78, 5) is 3.76. The van der Waals surface area contributed by atoms with Crippen LogP contribution < -0.4 is 5.73 Å². The Labute approximate surface area is 101 Å². The highest BCUT2D eigenvalue weighted by atomic mass is 19.4. The van der Waals surface area contributed by atoms with Crippen LogP contribution in [0.4, 0.5) is 19.0 Å². The van der Waals surface area contributed by atoms with Crippen LogP contribution in [0.15, 0.2) is 12.3 Å². The second-order valence-corrected chi connectivity index (χ2v) is 4.53. The molecule has 0 aliphatic heterocycles. The molecule has 2 aromatic rings. The molecule has 1 fully saturated rings. The van der Waals surface area contributed by atoms with Gasteiger partial charge in [-0.15, -0.1) is 0 Å². The molecule has 0 unspecified atom stereocenters. The van der Waals surface area contributed by atoms with Gasteiger partial charge < -0.3 is 5.73 Å². The van der Waals surface area contributed by atoms with Gasteiger partial charge in [-0.05, 0) is 12.8 Å². The van der Waals surface area contributed by atoms with Gasteiger partial charge in [-0.25, -0.2) is 9.50 Å². The minimum absolute atomic E-state index is 0.107. The van der Waals surface area contributed by atoms with Gasteiger partial charge in [-0.3, -0.25) is 0 Å². The molecule has 0 bridgehead atoms. The maximum atomic E-state index is 12.8. The highest BCUT2D eigenvalue weighted by Crippen LogP contribution is 2.38. The van der Waals surface area contributed by atoms with Gasteiger partial charge in [0.15, 0.2) is 5.65 Å². The molecule has 0 aromatic carbocycles. The first kappa shape index (κ1) is 11.3. The summed E-state index contributed by atoms with van der Waals surface area (Å²) in [6.45, 7) is 0. The lowest BCUT2D eigenvalue weighted by Crippen LogP contribution is -2.15. The van der Waals surface area contributed by atoms with E-state index in [9.17, 15) is 13.2 Å². The summed E-state index contributed by atoms with van der Waals surface area (Å²) in [6, 6.07) is 1.62. The standard InChI is InChI=1S/C11H11F3N4/c12-11(13,14)7-5-16-18-8(6-2-1-3-6)4-9(15)17-10(7)18/h4-6H,1-3H2,(H2,15,17). The molecule has 0 radical (unpaired) electrons. The number of aromatic nitrogens is 3. The number of nitrogen functional groups attached to an aromatic ring is 1. The minimum atomic E-state index is -4.46. The minimum Gasteiger partial charge on any atom is -0.384 e. The Morgan fingerprint density at radius 2 is 2.06 bits per heavy atom. The summed E-state index contributed by atoms with van der Waals surface area (Å²) < 4.78 is 39.6. The zero-order valence-corrected chi connectivity index (χ0v) is 9.41. The SMILES string of the molecule is Nc1cc(C2CCC2)n2ncc(C(F)(F)F)c2n1. The Bertz CT molecular complexity index is 598. The van der Waals surface area contributed by atoms with Crippen molar-refractivity contribution < 1.29 is 13.2 Å². The van der Waals surface area contributed by atoms with Crippen LogP contribution in [0.2, 0.25) is 0 Å². The summed E-state index contributed by atoms with van der Waals surface area (Å²) in [5, 5.41) is 3.81. The maximum absolute atomic E-state index is 12.8. The number of alkyl halides is 3. The number of halogens is 3. The van der Waals surface area contributed by atoms with Crippen LogP contribution >= 0.6 is 0 Å². The van der Waals surface area contributed by atoms with E-state index in [0.29, 0.717) is 0 Å². The molecular weight excluding hydrogens is 245 g/mol. The van der Waals surface area contributed by atoms with E-state index in [4.69, 9.17) is 5.73 Å². The average molecular weight is 256 g/mol. The van der Waals surface area contributed by atoms with E-state index in [-0.39, 0.29) is 17.4 Å². The summed E-state index contributed by atoms with van der Waals surface area (Å²) in [6.07, 6.45) is -0.648. The molecule has 1 saturated carbocycles. The highest BCUT2D eigenvalue weighted by molar-refractivity contribution is 5.53. The Morgan fingerprint density at radius 3 is 2.61 bits per heavy atom. The maximum Gasteiger partial charge on any atom is 0.421 e. The lowest BCUT2D eigenvalue weighted by atomic mass is 9.83. The Balaban J connectivity index is 2.23. The average Bonchev–Trinajstić information content (AvgIpc) is 2.57. The summed E-state index contributed by atoms with van der Waals surface area (Å²) >= 11 is 0. The van der Waals surface area contributed by atoms with E-state index in [0.717, 1.165) is 31.2 Å². The predicted molar refractivity (Wildman–Crippen MR) is 59.0 cm³/mol. The van der Waals surface area contributed by atoms with Gasteiger partial charge in [-0.1, -0.05) is 6.42 Å². The molecule has 18 heavy (non-hydrogen) atoms. The molecule has 0 saturated heterocycles. The smallest absolute Gasteiger partial charge is 0.384 e. The second kappa shape index (κ2) is 3.60. The van der Waals surface area contributed by atoms with Crippen molar-refractivity contribution in [1.82, 2.24) is 14.6 Å². The first-order valence-electron chi connectivity index (χ1n) is 5.68. The molecule has 0 atom stereocenters. The number of nitrogens with two attached hydrogens (primary N) is 1. The topological polar surface area (TPSA) is 56.2 Å². The van der Waals surface area contributed by atoms with E-state index < -0.39 is 11.7 Å². The molecule has 1 aliphatic carbocycles. The van der Waals surface area contributed by atoms with Crippen molar-refractivity contribution in [2.24, 2.45) is 0 Å². The van der Waals surface area contributed by atoms with Gasteiger partial charge in [0.05, 0.1) is 11.9 Å². The van der Waals surface area contributed by atoms with Crippen LogP contribution in [0.5, 0.6) is 0 Å². The van der Waals surface area contributed by atoms with Crippen LogP contribution in [0.3, 0.4) is 0 Å². The van der Waals surface area contributed by atoms with Crippen LogP contribution in [0.1, 0.15) is 36.4 Å². The van der Waals surface area contributed by atoms with Gasteiger partial charge >= 0.3 is 6.18 Å². The molecule has 1 aliphatic rings. The lowest BCUT2D eigenvalue weighted by molar-refractivity contribution is -0.136. The van der Waals surface area contributed by atoms with Crippen molar-refractivity contribution in [3.05, 3.63) is 23.5 Å². The van der Waals surface area contributed by atoms with Crippen molar-refractivity contribution in [2.45, 2.75) is 31.4 Å². The van der Waals surface area contributed by atoms with Gasteiger partial charge in [0.25, 0.3) is 0 Å². The fourth-order valence-electron chi connectivity index (χ4n) is 2.20. The van der Waals surface area contributed by atoms with E-state index in [1.165, 1.54) is 4.52 Å². The summed E-state index contributed by atoms with van der Waals surface area (Å²) in [5.74, 6) is 0.342. The quantitative estimate of drug-likeness (QED) is 0.853. The molecular formula is C11H11F3N4. The summed E-state index contributed by atoms with van der Waals surface area (Å²) in [7, 11) is 0. The highest BCUT2D eigenvalue weighted by Gasteiger charge is 2.36. The number of fused-ring (bicyclic) bond motifs is 1. The van der Waals surface area contributed by atoms with Crippen molar-refractivity contribution in [3.8, 4) is 0 Å². The molecule has 96 valence electrons. The van der Waals surface area contributed by atoms with E-state index in [1.807, 2.05) is 0 Å². The molecule has 0 spiro atoms. The molecule has 4 nitrogen and oxygen atoms in total. The Morgan fingerprint density at radius 1 is 1.33 bits per heavy atom. The van der Waals surface area contributed by atoms with Crippen LogP contribution in [-0.4, -0.2) is 14.6 Å². The van der Waals surface area contributed by atoms with Crippen LogP contribution in [0, 0.1) is 0 Å². The molecule has 2 heterocycles. The second-order valence-electron chi connectivity index (χ2n) is 4.53. The number of anilines is 1. The molecule has 7 heteroatoms. The largest absolute Gasteiger partial charge is 0.421 e. The summed E-state index contributed by atoms with van der Waals surface area (Å²) in [5.41, 5.74) is 5.27. The third kappa shape index (κ3) is 1.61. The zero-order chi connectivity index (χ0) is 12.9. The lowest BCUT2D eigenvalue weighted by Gasteiger charge is -2.26. The number of nitrogens with zero attached hydrogens (tertiary/aromatic N) is 3. The fraction of sp³-hybridized carbons (Fsp3) is 0.455. The Kier molecular flexibility index (Phi) is 2.26. The van der Waals surface area contributed by atoms with Gasteiger partial charge in [-0.2, -0.15) is 18.3 Å². The number of hydrogen-bond acceptors (Lipinski definition) is 3. The zero-order valence-electron chi connectivity index (χ0n) is 9.41. The van der Waals surface area contributed by atoms with Gasteiger partial charge in [0.1, 0.15) is 11.4 Å². The Hall–Kier alpha value is -1.79. The van der Waals surface area contributed by atoms with Crippen LogP contribution in [-0.2, 0) is 6.18 Å². The van der Waals surface area contributed by atoms with Crippen molar-refractivity contribution in [3.63, 3.8) is 0 Å². The van der Waals surface area contributed by atoms with Crippen LogP contribution in [0.25, 0.3) is 5.65 Å². The van der Waals surface area contributed by atoms with Crippen molar-refractivity contribution in [1.29, 1.82) is 0 Å². The third-order valence-corrected chi connectivity index (χ3v) is 3.35. The number of rotatable bonds is 1. The van der Waals surface area contributed by atoms with Gasteiger partial charge in [0.2, 0.25) is 0 Å². The monoisotopic (exact) mass is 256 g/mol. The van der Waals surface area contributed by atoms with E-state index in [1.54, 1.807) is 6.07 Å². The number of hydrogen-bond donors (Lipinski definition) is 1. The molecule has 2 N–H and O–H groups in total. The van der Waals surface area contributed by atoms with Crippen molar-refractivity contribution in [2.75, 3.05) is 5.73 Å². The first-order chi connectivity index (χ1) is 8.47. The molecule has 3 rings (SSSR count). The normalized spacial score (nSPS) is 17.1. The van der Waals surface area contributed by atoms with E-state index in [2.05, 4.69) is 10.1 Å². The van der Waals surface area contributed by atoms with Crippen molar-refractivity contribution >= 4 is 11.5 Å². The van der Waals surface area contributed by atoms with E-state index >= 15 is 0 Å². The first-order valence-corrected chi connectivity index (χ1v) is 5.68. The molecule has 0 amide bonds. The fourth-order valence-corrected chi connectivity index (χ4v) is 2.20. The molecule has 2 aromatic heterocycles. The predicted octanol–water partition coefficient (Wildman–Crippen LogP) is 2.60. The third-order valence-electron chi connectivity index (χ3n) is 3.35.